The Labute approximate surface area is 133 Å². The number of aromatic nitrogens is 2. The van der Waals surface area contributed by atoms with E-state index in [-0.39, 0.29) is 5.54 Å². The second-order valence-electron chi connectivity index (χ2n) is 7.20. The van der Waals surface area contributed by atoms with Gasteiger partial charge in [-0.05, 0) is 25.7 Å². The van der Waals surface area contributed by atoms with Crippen LogP contribution in [0.3, 0.4) is 0 Å². The lowest BCUT2D eigenvalue weighted by Gasteiger charge is -2.43. The lowest BCUT2D eigenvalue weighted by atomic mass is 9.84. The molecule has 1 saturated carbocycles. The number of imidazole rings is 1. The first-order valence-corrected chi connectivity index (χ1v) is 8.98. The Balaban J connectivity index is 1.66. The number of carbonyl (C=O) groups is 1. The van der Waals surface area contributed by atoms with Gasteiger partial charge >= 0.3 is 0 Å². The van der Waals surface area contributed by atoms with Crippen molar-refractivity contribution in [2.24, 2.45) is 5.92 Å². The third-order valence-electron chi connectivity index (χ3n) is 5.89. The number of H-pyrrole nitrogens is 1. The molecule has 1 unspecified atom stereocenters. The number of rotatable bonds is 4. The monoisotopic (exact) mass is 303 g/mol. The molecule has 1 aromatic rings. The molecule has 1 aliphatic heterocycles. The predicted octanol–water partition coefficient (Wildman–Crippen LogP) is 3.78. The molecule has 4 nitrogen and oxygen atoms in total. The van der Waals surface area contributed by atoms with E-state index in [9.17, 15) is 4.79 Å². The fourth-order valence-corrected chi connectivity index (χ4v) is 4.27. The largest absolute Gasteiger partial charge is 0.348 e. The van der Waals surface area contributed by atoms with E-state index in [1.54, 1.807) is 6.33 Å². The molecule has 1 aromatic heterocycles. The minimum Gasteiger partial charge on any atom is -0.348 e. The molecule has 0 radical (unpaired) electrons. The zero-order valence-electron chi connectivity index (χ0n) is 14.0. The van der Waals surface area contributed by atoms with Crippen molar-refractivity contribution in [3.05, 3.63) is 17.7 Å². The molecule has 122 valence electrons. The summed E-state index contributed by atoms with van der Waals surface area (Å²) in [6.07, 6.45) is 12.1. The van der Waals surface area contributed by atoms with Gasteiger partial charge in [-0.2, -0.15) is 0 Å². The van der Waals surface area contributed by atoms with Gasteiger partial charge in [0.15, 0.2) is 0 Å². The molecule has 3 rings (SSSR count). The summed E-state index contributed by atoms with van der Waals surface area (Å²) in [6.45, 7) is 5.15. The van der Waals surface area contributed by atoms with Crippen molar-refractivity contribution >= 4 is 5.91 Å². The van der Waals surface area contributed by atoms with Crippen molar-refractivity contribution in [1.29, 1.82) is 0 Å². The van der Waals surface area contributed by atoms with Gasteiger partial charge in [-0.1, -0.05) is 39.0 Å². The SMILES string of the molecule is CCC1(C)c2nc[nH]c2CCN1C(=O)CCC1CCCCC1. The number of hydrogen-bond acceptors (Lipinski definition) is 2. The molecule has 1 amide bonds. The molecule has 1 aliphatic carbocycles. The van der Waals surface area contributed by atoms with E-state index in [0.29, 0.717) is 12.3 Å². The van der Waals surface area contributed by atoms with Gasteiger partial charge in [0.25, 0.3) is 0 Å². The highest BCUT2D eigenvalue weighted by atomic mass is 16.2. The van der Waals surface area contributed by atoms with Crippen LogP contribution in [0.4, 0.5) is 0 Å². The van der Waals surface area contributed by atoms with Crippen molar-refractivity contribution < 1.29 is 4.79 Å². The van der Waals surface area contributed by atoms with Crippen LogP contribution in [0.25, 0.3) is 0 Å². The Bertz CT molecular complexity index is 518. The number of amides is 1. The number of hydrogen-bond donors (Lipinski definition) is 1. The van der Waals surface area contributed by atoms with E-state index in [1.165, 1.54) is 37.8 Å². The van der Waals surface area contributed by atoms with Gasteiger partial charge in [-0.15, -0.1) is 0 Å². The zero-order valence-corrected chi connectivity index (χ0v) is 14.0. The molecule has 4 heteroatoms. The maximum atomic E-state index is 12.8. The molecular weight excluding hydrogens is 274 g/mol. The molecule has 1 atom stereocenters. The highest BCUT2D eigenvalue weighted by Crippen LogP contribution is 2.37. The summed E-state index contributed by atoms with van der Waals surface area (Å²) < 4.78 is 0. The summed E-state index contributed by atoms with van der Waals surface area (Å²) in [6, 6.07) is 0. The van der Waals surface area contributed by atoms with Crippen molar-refractivity contribution in [2.45, 2.75) is 77.2 Å². The molecule has 1 fully saturated rings. The van der Waals surface area contributed by atoms with Crippen molar-refractivity contribution in [1.82, 2.24) is 14.9 Å². The van der Waals surface area contributed by atoms with Gasteiger partial charge in [0.2, 0.25) is 5.91 Å². The van der Waals surface area contributed by atoms with E-state index in [4.69, 9.17) is 0 Å². The maximum Gasteiger partial charge on any atom is 0.223 e. The van der Waals surface area contributed by atoms with Gasteiger partial charge in [0, 0.05) is 25.1 Å². The van der Waals surface area contributed by atoms with Crippen molar-refractivity contribution in [3.8, 4) is 0 Å². The van der Waals surface area contributed by atoms with Gasteiger partial charge in [-0.3, -0.25) is 4.79 Å². The molecule has 0 bridgehead atoms. The first-order valence-electron chi connectivity index (χ1n) is 8.98. The first-order chi connectivity index (χ1) is 10.6. The van der Waals surface area contributed by atoms with E-state index in [1.807, 2.05) is 0 Å². The summed E-state index contributed by atoms with van der Waals surface area (Å²) in [5, 5.41) is 0. The lowest BCUT2D eigenvalue weighted by Crippen LogP contribution is -2.51. The quantitative estimate of drug-likeness (QED) is 0.920. The minimum atomic E-state index is -0.239. The van der Waals surface area contributed by atoms with E-state index < -0.39 is 0 Å². The van der Waals surface area contributed by atoms with Crippen LogP contribution >= 0.6 is 0 Å². The van der Waals surface area contributed by atoms with Gasteiger partial charge in [-0.25, -0.2) is 4.98 Å². The topological polar surface area (TPSA) is 49.0 Å². The smallest absolute Gasteiger partial charge is 0.223 e. The van der Waals surface area contributed by atoms with Gasteiger partial charge < -0.3 is 9.88 Å². The summed E-state index contributed by atoms with van der Waals surface area (Å²) in [5.41, 5.74) is 2.05. The number of nitrogens with one attached hydrogen (secondary N) is 1. The molecule has 0 spiro atoms. The maximum absolute atomic E-state index is 12.8. The second kappa shape index (κ2) is 6.43. The molecule has 2 heterocycles. The third kappa shape index (κ3) is 2.80. The van der Waals surface area contributed by atoms with Crippen LogP contribution < -0.4 is 0 Å². The number of nitrogens with zero attached hydrogens (tertiary/aromatic N) is 2. The van der Waals surface area contributed by atoms with Crippen LogP contribution in [-0.2, 0) is 16.8 Å². The number of carbonyl (C=O) groups excluding carboxylic acids is 1. The number of fused-ring (bicyclic) bond motifs is 1. The predicted molar refractivity (Wildman–Crippen MR) is 87.5 cm³/mol. The Morgan fingerprint density at radius 3 is 2.91 bits per heavy atom. The van der Waals surface area contributed by atoms with E-state index in [2.05, 4.69) is 28.7 Å². The lowest BCUT2D eigenvalue weighted by molar-refractivity contribution is -0.139. The zero-order chi connectivity index (χ0) is 15.6. The molecule has 1 N–H and O–H groups in total. The Morgan fingerprint density at radius 1 is 1.41 bits per heavy atom. The highest BCUT2D eigenvalue weighted by molar-refractivity contribution is 5.77. The highest BCUT2D eigenvalue weighted by Gasteiger charge is 2.41. The average molecular weight is 303 g/mol. The van der Waals surface area contributed by atoms with Crippen molar-refractivity contribution in [2.75, 3.05) is 6.54 Å². The van der Waals surface area contributed by atoms with Crippen LogP contribution in [0.15, 0.2) is 6.33 Å². The second-order valence-corrected chi connectivity index (χ2v) is 7.20. The summed E-state index contributed by atoms with van der Waals surface area (Å²) in [5.74, 6) is 1.10. The summed E-state index contributed by atoms with van der Waals surface area (Å²) in [4.78, 5) is 22.7. The Kier molecular flexibility index (Phi) is 4.55. The van der Waals surface area contributed by atoms with Crippen LogP contribution in [0, 0.1) is 5.92 Å². The third-order valence-corrected chi connectivity index (χ3v) is 5.89. The summed E-state index contributed by atoms with van der Waals surface area (Å²) >= 11 is 0. The summed E-state index contributed by atoms with van der Waals surface area (Å²) in [7, 11) is 0. The fraction of sp³-hybridized carbons (Fsp3) is 0.778. The molecule has 0 aromatic carbocycles. The van der Waals surface area contributed by atoms with E-state index in [0.717, 1.165) is 37.4 Å². The van der Waals surface area contributed by atoms with Crippen LogP contribution in [-0.4, -0.2) is 27.3 Å². The Hall–Kier alpha value is -1.32. The van der Waals surface area contributed by atoms with Crippen LogP contribution in [0.5, 0.6) is 0 Å². The molecule has 0 saturated heterocycles. The van der Waals surface area contributed by atoms with E-state index >= 15 is 0 Å². The number of aromatic amines is 1. The van der Waals surface area contributed by atoms with Crippen LogP contribution in [0.2, 0.25) is 0 Å². The first kappa shape index (κ1) is 15.6. The average Bonchev–Trinajstić information content (AvgIpc) is 3.04. The minimum absolute atomic E-state index is 0.239. The van der Waals surface area contributed by atoms with Crippen LogP contribution in [0.1, 0.15) is 76.6 Å². The molecule has 22 heavy (non-hydrogen) atoms. The molecular formula is C18H29N3O. The standard InChI is InChI=1S/C18H29N3O/c1-3-18(2)17-15(19-13-20-17)11-12-21(18)16(22)10-9-14-7-5-4-6-8-14/h13-14H,3-12H2,1-2H3,(H,19,20). The van der Waals surface area contributed by atoms with Gasteiger partial charge in [0.05, 0.1) is 17.6 Å². The fourth-order valence-electron chi connectivity index (χ4n) is 4.27. The normalized spacial score (nSPS) is 26.0. The van der Waals surface area contributed by atoms with Gasteiger partial charge in [0.1, 0.15) is 0 Å². The molecule has 2 aliphatic rings. The van der Waals surface area contributed by atoms with Crippen molar-refractivity contribution in [3.63, 3.8) is 0 Å². The Morgan fingerprint density at radius 2 is 2.18 bits per heavy atom.